The number of amides is 1. The molecule has 7 heteroatoms. The molecule has 1 amide bonds. The van der Waals surface area contributed by atoms with Gasteiger partial charge in [0.2, 0.25) is 11.9 Å². The van der Waals surface area contributed by atoms with Gasteiger partial charge in [-0.25, -0.2) is 9.37 Å². The number of piperazine rings is 1. The number of anilines is 2. The number of aromatic nitrogens is 2. The summed E-state index contributed by atoms with van der Waals surface area (Å²) in [5, 5.41) is 5.72. The molecule has 6 nitrogen and oxygen atoms in total. The molecule has 0 aliphatic carbocycles. The largest absolute Gasteiger partial charge is 0.354 e. The third-order valence-corrected chi connectivity index (χ3v) is 3.05. The zero-order chi connectivity index (χ0) is 13.8. The number of carbonyl (C=O) groups excluding carboxylic acids is 1. The Morgan fingerprint density at radius 2 is 2.37 bits per heavy atom. The fraction of sp³-hybridized carbons (Fsp3) is 0.583. The lowest BCUT2D eigenvalue weighted by Gasteiger charge is -2.35. The van der Waals surface area contributed by atoms with Crippen LogP contribution in [0.2, 0.25) is 0 Å². The number of hydrogen-bond donors (Lipinski definition) is 2. The van der Waals surface area contributed by atoms with Gasteiger partial charge in [-0.2, -0.15) is 4.98 Å². The van der Waals surface area contributed by atoms with E-state index in [-0.39, 0.29) is 17.8 Å². The first-order chi connectivity index (χ1) is 9.17. The molecule has 1 aliphatic heterocycles. The quantitative estimate of drug-likeness (QED) is 0.843. The zero-order valence-electron chi connectivity index (χ0n) is 11.1. The summed E-state index contributed by atoms with van der Waals surface area (Å²) in [6.07, 6.45) is 1.74. The van der Waals surface area contributed by atoms with Crippen molar-refractivity contribution in [2.24, 2.45) is 0 Å². The first-order valence-corrected chi connectivity index (χ1v) is 6.48. The molecule has 1 fully saturated rings. The van der Waals surface area contributed by atoms with Gasteiger partial charge in [-0.1, -0.05) is 6.92 Å². The summed E-state index contributed by atoms with van der Waals surface area (Å²) in [5.41, 5.74) is 0. The monoisotopic (exact) mass is 267 g/mol. The number of nitrogens with zero attached hydrogens (tertiary/aromatic N) is 3. The molecule has 1 aromatic heterocycles. The summed E-state index contributed by atoms with van der Waals surface area (Å²) >= 11 is 0. The summed E-state index contributed by atoms with van der Waals surface area (Å²) in [6, 6.07) is -0.382. The third kappa shape index (κ3) is 2.74. The van der Waals surface area contributed by atoms with E-state index < -0.39 is 5.82 Å². The highest BCUT2D eigenvalue weighted by Gasteiger charge is 2.31. The van der Waals surface area contributed by atoms with Crippen molar-refractivity contribution in [3.05, 3.63) is 12.0 Å². The van der Waals surface area contributed by atoms with Gasteiger partial charge in [0.1, 0.15) is 6.04 Å². The molecular formula is C12H18FN5O. The van der Waals surface area contributed by atoms with Crippen molar-refractivity contribution >= 4 is 17.7 Å². The van der Waals surface area contributed by atoms with E-state index in [1.807, 2.05) is 13.8 Å². The SMILES string of the molecule is CCNc1ncc(F)c(N2CCNC(=O)C2CC)n1. The van der Waals surface area contributed by atoms with E-state index in [4.69, 9.17) is 0 Å². The van der Waals surface area contributed by atoms with E-state index in [1.54, 1.807) is 4.90 Å². The van der Waals surface area contributed by atoms with E-state index in [0.29, 0.717) is 32.0 Å². The van der Waals surface area contributed by atoms with Crippen molar-refractivity contribution in [1.82, 2.24) is 15.3 Å². The molecule has 1 aromatic rings. The van der Waals surface area contributed by atoms with Gasteiger partial charge in [-0.3, -0.25) is 4.79 Å². The smallest absolute Gasteiger partial charge is 0.242 e. The average Bonchev–Trinajstić information content (AvgIpc) is 2.41. The van der Waals surface area contributed by atoms with Crippen LogP contribution in [0.25, 0.3) is 0 Å². The van der Waals surface area contributed by atoms with E-state index in [9.17, 15) is 9.18 Å². The fourth-order valence-corrected chi connectivity index (χ4v) is 2.18. The molecule has 19 heavy (non-hydrogen) atoms. The van der Waals surface area contributed by atoms with Crippen molar-refractivity contribution in [2.45, 2.75) is 26.3 Å². The van der Waals surface area contributed by atoms with Gasteiger partial charge in [0.25, 0.3) is 0 Å². The van der Waals surface area contributed by atoms with Crippen LogP contribution in [-0.2, 0) is 4.79 Å². The Morgan fingerprint density at radius 1 is 1.58 bits per heavy atom. The Labute approximate surface area is 111 Å². The highest BCUT2D eigenvalue weighted by molar-refractivity contribution is 5.86. The molecule has 2 heterocycles. The zero-order valence-corrected chi connectivity index (χ0v) is 11.1. The molecule has 0 bridgehead atoms. The summed E-state index contributed by atoms with van der Waals surface area (Å²) in [5.74, 6) is -0.0287. The molecule has 1 unspecified atom stereocenters. The van der Waals surface area contributed by atoms with Crippen molar-refractivity contribution in [1.29, 1.82) is 0 Å². The first kappa shape index (κ1) is 13.5. The molecule has 1 saturated heterocycles. The molecular weight excluding hydrogens is 249 g/mol. The van der Waals surface area contributed by atoms with Crippen molar-refractivity contribution in [3.63, 3.8) is 0 Å². The molecule has 2 N–H and O–H groups in total. The summed E-state index contributed by atoms with van der Waals surface area (Å²) < 4.78 is 13.9. The predicted molar refractivity (Wildman–Crippen MR) is 70.6 cm³/mol. The highest BCUT2D eigenvalue weighted by Crippen LogP contribution is 2.22. The summed E-state index contributed by atoms with van der Waals surface area (Å²) in [7, 11) is 0. The van der Waals surface area contributed by atoms with Crippen LogP contribution in [0.4, 0.5) is 16.2 Å². The van der Waals surface area contributed by atoms with Crippen LogP contribution in [0.3, 0.4) is 0 Å². The van der Waals surface area contributed by atoms with Crippen molar-refractivity contribution in [3.8, 4) is 0 Å². The second-order valence-electron chi connectivity index (χ2n) is 4.30. The standard InChI is InChI=1S/C12H18FN5O/c1-3-9-11(19)15-5-6-18(9)10-8(13)7-16-12(17-10)14-4-2/h7,9H,3-6H2,1-2H3,(H,15,19)(H,14,16,17). The number of nitrogens with one attached hydrogen (secondary N) is 2. The number of rotatable bonds is 4. The Kier molecular flexibility index (Phi) is 4.13. The van der Waals surface area contributed by atoms with Gasteiger partial charge < -0.3 is 15.5 Å². The maximum Gasteiger partial charge on any atom is 0.242 e. The van der Waals surface area contributed by atoms with Crippen LogP contribution in [0.1, 0.15) is 20.3 Å². The van der Waals surface area contributed by atoms with Gasteiger partial charge in [0.15, 0.2) is 11.6 Å². The molecule has 0 saturated carbocycles. The van der Waals surface area contributed by atoms with Crippen LogP contribution in [0, 0.1) is 5.82 Å². The van der Waals surface area contributed by atoms with Gasteiger partial charge in [-0.05, 0) is 13.3 Å². The molecule has 2 rings (SSSR count). The minimum Gasteiger partial charge on any atom is -0.354 e. The van der Waals surface area contributed by atoms with Crippen LogP contribution in [-0.4, -0.2) is 41.6 Å². The molecule has 0 aromatic carbocycles. The Morgan fingerprint density at radius 3 is 3.05 bits per heavy atom. The number of carbonyl (C=O) groups is 1. The lowest BCUT2D eigenvalue weighted by molar-refractivity contribution is -0.123. The number of hydrogen-bond acceptors (Lipinski definition) is 5. The summed E-state index contributed by atoms with van der Waals surface area (Å²) in [6.45, 7) is 5.50. The van der Waals surface area contributed by atoms with Gasteiger partial charge >= 0.3 is 0 Å². The second kappa shape index (κ2) is 5.81. The van der Waals surface area contributed by atoms with Crippen LogP contribution < -0.4 is 15.5 Å². The topological polar surface area (TPSA) is 70.2 Å². The van der Waals surface area contributed by atoms with E-state index >= 15 is 0 Å². The lowest BCUT2D eigenvalue weighted by atomic mass is 10.1. The first-order valence-electron chi connectivity index (χ1n) is 6.48. The predicted octanol–water partition coefficient (Wildman–Crippen LogP) is 0.762. The normalized spacial score (nSPS) is 19.2. The maximum atomic E-state index is 13.9. The van der Waals surface area contributed by atoms with E-state index in [2.05, 4.69) is 20.6 Å². The van der Waals surface area contributed by atoms with Crippen molar-refractivity contribution in [2.75, 3.05) is 29.9 Å². The van der Waals surface area contributed by atoms with Gasteiger partial charge in [0, 0.05) is 19.6 Å². The fourth-order valence-electron chi connectivity index (χ4n) is 2.18. The molecule has 104 valence electrons. The van der Waals surface area contributed by atoms with Gasteiger partial charge in [0.05, 0.1) is 6.20 Å². The minimum atomic E-state index is -0.505. The summed E-state index contributed by atoms with van der Waals surface area (Å²) in [4.78, 5) is 21.5. The Bertz CT molecular complexity index is 467. The molecule has 1 aliphatic rings. The average molecular weight is 267 g/mol. The third-order valence-electron chi connectivity index (χ3n) is 3.05. The highest BCUT2D eigenvalue weighted by atomic mass is 19.1. The molecule has 0 radical (unpaired) electrons. The van der Waals surface area contributed by atoms with Crippen LogP contribution in [0.5, 0.6) is 0 Å². The van der Waals surface area contributed by atoms with Crippen molar-refractivity contribution < 1.29 is 9.18 Å². The Balaban J connectivity index is 2.33. The van der Waals surface area contributed by atoms with E-state index in [0.717, 1.165) is 6.20 Å². The lowest BCUT2D eigenvalue weighted by Crippen LogP contribution is -2.55. The molecule has 0 spiro atoms. The second-order valence-corrected chi connectivity index (χ2v) is 4.30. The number of halogens is 1. The minimum absolute atomic E-state index is 0.0863. The van der Waals surface area contributed by atoms with E-state index in [1.165, 1.54) is 0 Å². The van der Waals surface area contributed by atoms with Crippen LogP contribution in [0.15, 0.2) is 6.20 Å². The maximum absolute atomic E-state index is 13.9. The van der Waals surface area contributed by atoms with Crippen LogP contribution >= 0.6 is 0 Å². The Hall–Kier alpha value is -1.92. The van der Waals surface area contributed by atoms with Gasteiger partial charge in [-0.15, -0.1) is 0 Å². The molecule has 1 atom stereocenters.